The van der Waals surface area contributed by atoms with Crippen LogP contribution in [0.25, 0.3) is 6.08 Å². The Morgan fingerprint density at radius 1 is 1.26 bits per heavy atom. The van der Waals surface area contributed by atoms with Crippen LogP contribution in [0.1, 0.15) is 11.1 Å². The van der Waals surface area contributed by atoms with Gasteiger partial charge in [-0.05, 0) is 54.6 Å². The Morgan fingerprint density at radius 3 is 2.83 bits per heavy atom. The zero-order valence-corrected chi connectivity index (χ0v) is 13.8. The lowest BCUT2D eigenvalue weighted by Gasteiger charge is -2.00. The number of rotatable bonds is 2. The fourth-order valence-corrected chi connectivity index (χ4v) is 3.07. The van der Waals surface area contributed by atoms with Gasteiger partial charge in [-0.2, -0.15) is 0 Å². The molecule has 1 fully saturated rings. The number of halogens is 1. The number of benzene rings is 2. The number of aromatic hydroxyl groups is 1. The quantitative estimate of drug-likeness (QED) is 0.801. The third-order valence-electron chi connectivity index (χ3n) is 3.26. The number of carbonyl (C=O) groups is 1. The molecule has 0 saturated carbocycles. The van der Waals surface area contributed by atoms with Gasteiger partial charge in [0, 0.05) is 10.6 Å². The summed E-state index contributed by atoms with van der Waals surface area (Å²) in [6.45, 7) is 1.96. The highest BCUT2D eigenvalue weighted by molar-refractivity contribution is 8.18. The Morgan fingerprint density at radius 2 is 2.04 bits per heavy atom. The summed E-state index contributed by atoms with van der Waals surface area (Å²) in [4.78, 5) is 17.0. The minimum Gasteiger partial charge on any atom is -0.507 e. The van der Waals surface area contributed by atoms with Gasteiger partial charge in [0.2, 0.25) is 0 Å². The number of hydrogen-bond acceptors (Lipinski definition) is 4. The topological polar surface area (TPSA) is 61.7 Å². The number of aliphatic imine (C=N–C) groups is 1. The standard InChI is InChI=1S/C17H13ClN2O2S/c1-10-4-2-3-5-13(10)19-17-20-16(22)15(23-17)9-11-8-12(18)6-7-14(11)21/h2-9,21H,1H3,(H,19,20,22). The highest BCUT2D eigenvalue weighted by atomic mass is 35.5. The van der Waals surface area contributed by atoms with E-state index in [2.05, 4.69) is 10.3 Å². The van der Waals surface area contributed by atoms with Gasteiger partial charge in [-0.25, -0.2) is 4.99 Å². The molecule has 4 nitrogen and oxygen atoms in total. The van der Waals surface area contributed by atoms with E-state index in [-0.39, 0.29) is 11.7 Å². The number of nitrogens with zero attached hydrogens (tertiary/aromatic N) is 1. The average Bonchev–Trinajstić information content (AvgIpc) is 2.85. The van der Waals surface area contributed by atoms with Gasteiger partial charge in [0.15, 0.2) is 5.17 Å². The predicted molar refractivity (Wildman–Crippen MR) is 95.1 cm³/mol. The van der Waals surface area contributed by atoms with Crippen molar-refractivity contribution in [2.45, 2.75) is 6.92 Å². The normalized spacial score (nSPS) is 17.7. The minimum atomic E-state index is -0.248. The van der Waals surface area contributed by atoms with Crippen molar-refractivity contribution < 1.29 is 9.90 Å². The van der Waals surface area contributed by atoms with Crippen molar-refractivity contribution in [2.24, 2.45) is 4.99 Å². The molecule has 0 radical (unpaired) electrons. The number of phenolic OH excluding ortho intramolecular Hbond substituents is 1. The molecule has 6 heteroatoms. The molecule has 0 spiro atoms. The van der Waals surface area contributed by atoms with Gasteiger partial charge in [-0.3, -0.25) is 4.79 Å². The minimum absolute atomic E-state index is 0.0691. The zero-order chi connectivity index (χ0) is 16.4. The van der Waals surface area contributed by atoms with Crippen molar-refractivity contribution in [1.82, 2.24) is 5.32 Å². The summed E-state index contributed by atoms with van der Waals surface area (Å²) in [6.07, 6.45) is 1.60. The Balaban J connectivity index is 1.90. The number of phenols is 1. The van der Waals surface area contributed by atoms with Crippen LogP contribution in [0, 0.1) is 6.92 Å². The first-order valence-corrected chi connectivity index (χ1v) is 8.06. The van der Waals surface area contributed by atoms with Crippen LogP contribution >= 0.6 is 23.4 Å². The smallest absolute Gasteiger partial charge is 0.264 e. The first kappa shape index (κ1) is 15.6. The Hall–Kier alpha value is -2.24. The van der Waals surface area contributed by atoms with Crippen molar-refractivity contribution in [3.05, 3.63) is 63.5 Å². The van der Waals surface area contributed by atoms with Gasteiger partial charge in [0.05, 0.1) is 10.6 Å². The number of hydrogen-bond donors (Lipinski definition) is 2. The maximum atomic E-state index is 12.1. The third kappa shape index (κ3) is 3.57. The van der Waals surface area contributed by atoms with Crippen LogP contribution < -0.4 is 5.32 Å². The van der Waals surface area contributed by atoms with E-state index in [0.717, 1.165) is 11.3 Å². The van der Waals surface area contributed by atoms with E-state index < -0.39 is 0 Å². The van der Waals surface area contributed by atoms with Crippen molar-refractivity contribution in [3.8, 4) is 5.75 Å². The van der Waals surface area contributed by atoms with Gasteiger partial charge in [0.25, 0.3) is 5.91 Å². The van der Waals surface area contributed by atoms with E-state index in [9.17, 15) is 9.90 Å². The van der Waals surface area contributed by atoms with Crippen LogP contribution in [0.15, 0.2) is 52.4 Å². The van der Waals surface area contributed by atoms with Gasteiger partial charge in [-0.15, -0.1) is 0 Å². The van der Waals surface area contributed by atoms with Crippen LogP contribution in [-0.4, -0.2) is 16.2 Å². The van der Waals surface area contributed by atoms with E-state index in [1.165, 1.54) is 17.8 Å². The zero-order valence-electron chi connectivity index (χ0n) is 12.2. The highest BCUT2D eigenvalue weighted by Crippen LogP contribution is 2.31. The Labute approximate surface area is 142 Å². The van der Waals surface area contributed by atoms with Gasteiger partial charge in [-0.1, -0.05) is 29.8 Å². The lowest BCUT2D eigenvalue weighted by molar-refractivity contribution is -0.115. The fraction of sp³-hybridized carbons (Fsp3) is 0.0588. The Kier molecular flexibility index (Phi) is 4.41. The maximum absolute atomic E-state index is 12.1. The fourth-order valence-electron chi connectivity index (χ4n) is 2.06. The third-order valence-corrected chi connectivity index (χ3v) is 4.41. The second kappa shape index (κ2) is 6.48. The molecular formula is C17H13ClN2O2S. The molecule has 3 rings (SSSR count). The summed E-state index contributed by atoms with van der Waals surface area (Å²) >= 11 is 7.15. The number of aryl methyl sites for hydroxylation is 1. The number of carbonyl (C=O) groups excluding carboxylic acids is 1. The molecule has 1 aliphatic rings. The van der Waals surface area contributed by atoms with E-state index in [4.69, 9.17) is 11.6 Å². The number of para-hydroxylation sites is 1. The molecule has 1 aliphatic heterocycles. The number of amides is 1. The molecular weight excluding hydrogens is 332 g/mol. The van der Waals surface area contributed by atoms with Crippen LogP contribution in [0.4, 0.5) is 5.69 Å². The molecule has 1 saturated heterocycles. The molecule has 0 unspecified atom stereocenters. The van der Waals surface area contributed by atoms with E-state index in [0.29, 0.717) is 20.7 Å². The van der Waals surface area contributed by atoms with Gasteiger partial charge in [0.1, 0.15) is 5.75 Å². The van der Waals surface area contributed by atoms with Crippen LogP contribution in [0.5, 0.6) is 5.75 Å². The molecule has 0 aromatic heterocycles. The monoisotopic (exact) mass is 344 g/mol. The lowest BCUT2D eigenvalue weighted by Crippen LogP contribution is -2.19. The molecule has 0 atom stereocenters. The van der Waals surface area contributed by atoms with E-state index in [1.54, 1.807) is 18.2 Å². The van der Waals surface area contributed by atoms with Crippen LogP contribution in [-0.2, 0) is 4.79 Å². The second-order valence-electron chi connectivity index (χ2n) is 4.97. The molecule has 1 heterocycles. The van der Waals surface area contributed by atoms with Crippen LogP contribution in [0.3, 0.4) is 0 Å². The second-order valence-corrected chi connectivity index (χ2v) is 6.44. The highest BCUT2D eigenvalue weighted by Gasteiger charge is 2.24. The summed E-state index contributed by atoms with van der Waals surface area (Å²) in [6, 6.07) is 12.4. The number of amidine groups is 1. The van der Waals surface area contributed by atoms with Crippen molar-refractivity contribution in [3.63, 3.8) is 0 Å². The van der Waals surface area contributed by atoms with E-state index in [1.807, 2.05) is 31.2 Å². The molecule has 2 aromatic rings. The molecule has 1 amide bonds. The number of nitrogens with one attached hydrogen (secondary N) is 1. The average molecular weight is 345 g/mol. The maximum Gasteiger partial charge on any atom is 0.264 e. The molecule has 116 valence electrons. The van der Waals surface area contributed by atoms with Gasteiger partial charge < -0.3 is 10.4 Å². The van der Waals surface area contributed by atoms with E-state index >= 15 is 0 Å². The molecule has 2 aromatic carbocycles. The number of thioether (sulfide) groups is 1. The van der Waals surface area contributed by atoms with Crippen molar-refractivity contribution in [1.29, 1.82) is 0 Å². The van der Waals surface area contributed by atoms with Crippen molar-refractivity contribution in [2.75, 3.05) is 0 Å². The largest absolute Gasteiger partial charge is 0.507 e. The summed E-state index contributed by atoms with van der Waals surface area (Å²) in [7, 11) is 0. The summed E-state index contributed by atoms with van der Waals surface area (Å²) < 4.78 is 0. The Bertz CT molecular complexity index is 846. The predicted octanol–water partition coefficient (Wildman–Crippen LogP) is 4.25. The first-order valence-electron chi connectivity index (χ1n) is 6.86. The molecule has 2 N–H and O–H groups in total. The van der Waals surface area contributed by atoms with Gasteiger partial charge >= 0.3 is 0 Å². The first-order chi connectivity index (χ1) is 11.0. The molecule has 23 heavy (non-hydrogen) atoms. The summed E-state index contributed by atoms with van der Waals surface area (Å²) in [5.41, 5.74) is 2.33. The lowest BCUT2D eigenvalue weighted by atomic mass is 10.2. The molecule has 0 bridgehead atoms. The van der Waals surface area contributed by atoms with Crippen LogP contribution in [0.2, 0.25) is 5.02 Å². The van der Waals surface area contributed by atoms with Crippen molar-refractivity contribution >= 4 is 46.2 Å². The summed E-state index contributed by atoms with van der Waals surface area (Å²) in [5, 5.41) is 13.6. The molecule has 0 aliphatic carbocycles. The SMILES string of the molecule is Cc1ccccc1N=C1NC(=O)C(=Cc2cc(Cl)ccc2O)S1. The summed E-state index contributed by atoms with van der Waals surface area (Å²) in [5.74, 6) is -0.179.